The molecule has 0 spiro atoms. The molecule has 0 saturated carbocycles. The minimum absolute atomic E-state index is 0.242. The summed E-state index contributed by atoms with van der Waals surface area (Å²) < 4.78 is 6.79. The molecule has 0 radical (unpaired) electrons. The maximum Gasteiger partial charge on any atom is 0.248 e. The van der Waals surface area contributed by atoms with Crippen LogP contribution in [0.5, 0.6) is 5.75 Å². The van der Waals surface area contributed by atoms with E-state index >= 15 is 0 Å². The standard InChI is InChI=1S/C13H10ClN5O2/c1-21-12-6-15-13(20)5-10(12)9-4-8(14)2-3-11(9)19-7-16-17-18-19/h2-7H,1H3,(H,15,20). The summed E-state index contributed by atoms with van der Waals surface area (Å²) in [6.45, 7) is 0. The van der Waals surface area contributed by atoms with Crippen molar-refractivity contribution < 1.29 is 4.74 Å². The van der Waals surface area contributed by atoms with E-state index in [1.165, 1.54) is 30.4 Å². The third-order valence-electron chi connectivity index (χ3n) is 2.95. The molecule has 106 valence electrons. The molecule has 2 aromatic heterocycles. The molecule has 8 heteroatoms. The summed E-state index contributed by atoms with van der Waals surface area (Å²) in [6, 6.07) is 6.67. The highest BCUT2D eigenvalue weighted by Crippen LogP contribution is 2.34. The van der Waals surface area contributed by atoms with E-state index in [0.717, 1.165) is 0 Å². The molecule has 3 rings (SSSR count). The highest BCUT2D eigenvalue weighted by atomic mass is 35.5. The Morgan fingerprint density at radius 1 is 1.29 bits per heavy atom. The van der Waals surface area contributed by atoms with Crippen molar-refractivity contribution in [1.82, 2.24) is 25.2 Å². The second-order valence-electron chi connectivity index (χ2n) is 4.20. The second-order valence-corrected chi connectivity index (χ2v) is 4.63. The zero-order chi connectivity index (χ0) is 14.8. The zero-order valence-electron chi connectivity index (χ0n) is 10.9. The van der Waals surface area contributed by atoms with Gasteiger partial charge in [0.15, 0.2) is 0 Å². The number of rotatable bonds is 3. The van der Waals surface area contributed by atoms with Crippen molar-refractivity contribution >= 4 is 11.6 Å². The van der Waals surface area contributed by atoms with Gasteiger partial charge in [-0.15, -0.1) is 5.10 Å². The second kappa shape index (κ2) is 5.37. The molecule has 1 N–H and O–H groups in total. The summed E-state index contributed by atoms with van der Waals surface area (Å²) in [5.74, 6) is 0.520. The Kier molecular flexibility index (Phi) is 3.41. The minimum atomic E-state index is -0.242. The summed E-state index contributed by atoms with van der Waals surface area (Å²) in [7, 11) is 1.53. The smallest absolute Gasteiger partial charge is 0.248 e. The average molecular weight is 304 g/mol. The van der Waals surface area contributed by atoms with Gasteiger partial charge in [0.1, 0.15) is 12.1 Å². The lowest BCUT2D eigenvalue weighted by atomic mass is 10.0. The van der Waals surface area contributed by atoms with Crippen LogP contribution in [0.2, 0.25) is 5.02 Å². The van der Waals surface area contributed by atoms with E-state index in [4.69, 9.17) is 16.3 Å². The molecule has 1 aromatic carbocycles. The van der Waals surface area contributed by atoms with Crippen molar-refractivity contribution in [2.75, 3.05) is 7.11 Å². The highest BCUT2D eigenvalue weighted by molar-refractivity contribution is 6.31. The van der Waals surface area contributed by atoms with Gasteiger partial charge in [0.05, 0.1) is 12.8 Å². The first-order valence-corrected chi connectivity index (χ1v) is 6.37. The van der Waals surface area contributed by atoms with Gasteiger partial charge in [-0.05, 0) is 28.6 Å². The van der Waals surface area contributed by atoms with E-state index in [1.54, 1.807) is 18.2 Å². The Morgan fingerprint density at radius 2 is 2.14 bits per heavy atom. The van der Waals surface area contributed by atoms with Crippen LogP contribution in [-0.4, -0.2) is 32.3 Å². The summed E-state index contributed by atoms with van der Waals surface area (Å²) >= 11 is 6.08. The van der Waals surface area contributed by atoms with Gasteiger partial charge in [0, 0.05) is 28.4 Å². The van der Waals surface area contributed by atoms with Crippen molar-refractivity contribution in [2.24, 2.45) is 0 Å². The van der Waals surface area contributed by atoms with Crippen LogP contribution in [0.25, 0.3) is 16.8 Å². The van der Waals surface area contributed by atoms with Gasteiger partial charge in [0.2, 0.25) is 5.56 Å². The monoisotopic (exact) mass is 303 g/mol. The summed E-state index contributed by atoms with van der Waals surface area (Å²) in [5, 5.41) is 11.6. The van der Waals surface area contributed by atoms with Crippen molar-refractivity contribution in [3.8, 4) is 22.6 Å². The number of H-pyrrole nitrogens is 1. The molecule has 2 heterocycles. The number of hydrogen-bond acceptors (Lipinski definition) is 5. The molecule has 0 amide bonds. The first kappa shape index (κ1) is 13.3. The fraction of sp³-hybridized carbons (Fsp3) is 0.0769. The minimum Gasteiger partial charge on any atom is -0.495 e. The van der Waals surface area contributed by atoms with Crippen LogP contribution in [0.1, 0.15) is 0 Å². The molecule has 0 saturated heterocycles. The average Bonchev–Trinajstić information content (AvgIpc) is 3.01. The molecule has 0 aliphatic carbocycles. The highest BCUT2D eigenvalue weighted by Gasteiger charge is 2.14. The third kappa shape index (κ3) is 2.50. The van der Waals surface area contributed by atoms with Crippen LogP contribution in [0.15, 0.2) is 41.6 Å². The molecular weight excluding hydrogens is 294 g/mol. The largest absolute Gasteiger partial charge is 0.495 e. The lowest BCUT2D eigenvalue weighted by Gasteiger charge is -2.12. The van der Waals surface area contributed by atoms with E-state index < -0.39 is 0 Å². The molecule has 0 unspecified atom stereocenters. The molecule has 21 heavy (non-hydrogen) atoms. The molecule has 7 nitrogen and oxygen atoms in total. The van der Waals surface area contributed by atoms with Crippen LogP contribution in [0, 0.1) is 0 Å². The SMILES string of the molecule is COc1c[nH]c(=O)cc1-c1cc(Cl)ccc1-n1cnnn1. The van der Waals surface area contributed by atoms with Gasteiger partial charge >= 0.3 is 0 Å². The summed E-state index contributed by atoms with van der Waals surface area (Å²) in [6.07, 6.45) is 2.97. The Labute approximate surface area is 124 Å². The number of halogens is 1. The van der Waals surface area contributed by atoms with Crippen LogP contribution < -0.4 is 10.3 Å². The van der Waals surface area contributed by atoms with Crippen molar-refractivity contribution in [1.29, 1.82) is 0 Å². The first-order valence-electron chi connectivity index (χ1n) is 5.99. The molecule has 3 aromatic rings. The number of methoxy groups -OCH3 is 1. The first-order chi connectivity index (χ1) is 10.2. The van der Waals surface area contributed by atoms with E-state index in [9.17, 15) is 4.79 Å². The van der Waals surface area contributed by atoms with E-state index in [1.807, 2.05) is 0 Å². The molecular formula is C13H10ClN5O2. The van der Waals surface area contributed by atoms with E-state index in [2.05, 4.69) is 20.5 Å². The van der Waals surface area contributed by atoms with Crippen molar-refractivity contribution in [3.05, 3.63) is 52.2 Å². The molecule has 0 atom stereocenters. The summed E-state index contributed by atoms with van der Waals surface area (Å²) in [4.78, 5) is 14.2. The maximum atomic E-state index is 11.6. The van der Waals surface area contributed by atoms with Gasteiger partial charge in [-0.2, -0.15) is 4.68 Å². The van der Waals surface area contributed by atoms with E-state index in [0.29, 0.717) is 27.6 Å². The Morgan fingerprint density at radius 3 is 2.86 bits per heavy atom. The number of nitrogens with one attached hydrogen (secondary N) is 1. The van der Waals surface area contributed by atoms with Gasteiger partial charge in [0.25, 0.3) is 0 Å². The van der Waals surface area contributed by atoms with Gasteiger partial charge < -0.3 is 9.72 Å². The van der Waals surface area contributed by atoms with Crippen molar-refractivity contribution in [2.45, 2.75) is 0 Å². The van der Waals surface area contributed by atoms with Gasteiger partial charge in [-0.3, -0.25) is 4.79 Å². The quantitative estimate of drug-likeness (QED) is 0.795. The number of ether oxygens (including phenoxy) is 1. The third-order valence-corrected chi connectivity index (χ3v) is 3.19. The van der Waals surface area contributed by atoms with Crippen LogP contribution >= 0.6 is 11.6 Å². The number of aromatic amines is 1. The Hall–Kier alpha value is -2.67. The number of aromatic nitrogens is 5. The Bertz CT molecular complexity index is 829. The van der Waals surface area contributed by atoms with E-state index in [-0.39, 0.29) is 5.56 Å². The van der Waals surface area contributed by atoms with Crippen LogP contribution in [-0.2, 0) is 0 Å². The fourth-order valence-corrected chi connectivity index (χ4v) is 2.21. The zero-order valence-corrected chi connectivity index (χ0v) is 11.7. The summed E-state index contributed by atoms with van der Waals surface area (Å²) in [5.41, 5.74) is 1.74. The van der Waals surface area contributed by atoms with Gasteiger partial charge in [-0.25, -0.2) is 0 Å². The maximum absolute atomic E-state index is 11.6. The number of nitrogens with zero attached hydrogens (tertiary/aromatic N) is 4. The normalized spacial score (nSPS) is 10.6. The topological polar surface area (TPSA) is 85.7 Å². The predicted molar refractivity (Wildman–Crippen MR) is 76.8 cm³/mol. The van der Waals surface area contributed by atoms with Crippen LogP contribution in [0.4, 0.5) is 0 Å². The Balaban J connectivity index is 2.30. The van der Waals surface area contributed by atoms with Crippen LogP contribution in [0.3, 0.4) is 0 Å². The molecule has 0 fully saturated rings. The number of hydrogen-bond donors (Lipinski definition) is 1. The number of benzene rings is 1. The number of pyridine rings is 1. The molecule has 0 aliphatic heterocycles. The lowest BCUT2D eigenvalue weighted by Crippen LogP contribution is -2.06. The van der Waals surface area contributed by atoms with Gasteiger partial charge in [-0.1, -0.05) is 11.6 Å². The fourth-order valence-electron chi connectivity index (χ4n) is 2.03. The lowest BCUT2D eigenvalue weighted by molar-refractivity contribution is 0.414. The predicted octanol–water partition coefficient (Wildman–Crippen LogP) is 1.68. The van der Waals surface area contributed by atoms with Crippen molar-refractivity contribution in [3.63, 3.8) is 0 Å². The molecule has 0 aliphatic rings. The number of tetrazole rings is 1. The molecule has 0 bridgehead atoms.